The van der Waals surface area contributed by atoms with Crippen molar-refractivity contribution in [3.05, 3.63) is 6.92 Å². The van der Waals surface area contributed by atoms with Gasteiger partial charge in [0, 0.05) is 6.42 Å². The van der Waals surface area contributed by atoms with E-state index in [2.05, 4.69) is 0 Å². The van der Waals surface area contributed by atoms with Crippen LogP contribution in [0.2, 0.25) is 0 Å². The lowest BCUT2D eigenvalue weighted by molar-refractivity contribution is 0.00870. The van der Waals surface area contributed by atoms with Crippen LogP contribution in [0.1, 0.15) is 6.42 Å². The zero-order valence-corrected chi connectivity index (χ0v) is 4.96. The summed E-state index contributed by atoms with van der Waals surface area (Å²) in [6.45, 7) is 4.58. The molecular formula is C6H9FO2. The Kier molecular flexibility index (Phi) is 2.03. The fourth-order valence-electron chi connectivity index (χ4n) is 0.900. The van der Waals surface area contributed by atoms with E-state index >= 15 is 0 Å². The zero-order chi connectivity index (χ0) is 6.85. The number of aliphatic hydroxyl groups is 1. The SMILES string of the molecule is [CH][C@H]1C[C@@H](O)[C@@H](CF)O1. The first-order valence-electron chi connectivity index (χ1n) is 2.89. The maximum Gasteiger partial charge on any atom is 0.118 e. The van der Waals surface area contributed by atoms with Gasteiger partial charge >= 0.3 is 0 Å². The van der Waals surface area contributed by atoms with E-state index in [-0.39, 0.29) is 0 Å². The van der Waals surface area contributed by atoms with E-state index in [1.807, 2.05) is 0 Å². The predicted molar refractivity (Wildman–Crippen MR) is 29.6 cm³/mol. The zero-order valence-electron chi connectivity index (χ0n) is 4.96. The summed E-state index contributed by atoms with van der Waals surface area (Å²) in [6, 6.07) is 0. The predicted octanol–water partition coefficient (Wildman–Crippen LogP) is 0.185. The van der Waals surface area contributed by atoms with Gasteiger partial charge in [-0.25, -0.2) is 4.39 Å². The molecule has 1 N–H and O–H groups in total. The second-order valence-corrected chi connectivity index (χ2v) is 2.17. The molecule has 0 aromatic rings. The minimum absolute atomic E-state index is 0.342. The molecular weight excluding hydrogens is 123 g/mol. The summed E-state index contributed by atoms with van der Waals surface area (Å²) in [4.78, 5) is 0. The van der Waals surface area contributed by atoms with Gasteiger partial charge in [0.1, 0.15) is 12.8 Å². The van der Waals surface area contributed by atoms with Gasteiger partial charge in [0.15, 0.2) is 0 Å². The molecule has 0 amide bonds. The largest absolute Gasteiger partial charge is 0.390 e. The van der Waals surface area contributed by atoms with Gasteiger partial charge in [-0.05, 0) is 6.92 Å². The minimum Gasteiger partial charge on any atom is -0.390 e. The molecule has 1 rings (SSSR count). The first-order valence-corrected chi connectivity index (χ1v) is 2.89. The van der Waals surface area contributed by atoms with Gasteiger partial charge in [-0.1, -0.05) is 0 Å². The number of hydrogen-bond acceptors (Lipinski definition) is 2. The second kappa shape index (κ2) is 2.62. The van der Waals surface area contributed by atoms with Crippen LogP contribution in [0.3, 0.4) is 0 Å². The molecule has 0 aromatic carbocycles. The number of ether oxygens (including phenoxy) is 1. The quantitative estimate of drug-likeness (QED) is 0.551. The van der Waals surface area contributed by atoms with Crippen LogP contribution >= 0.6 is 0 Å². The monoisotopic (exact) mass is 132 g/mol. The summed E-state index contributed by atoms with van der Waals surface area (Å²) < 4.78 is 16.6. The van der Waals surface area contributed by atoms with Crippen LogP contribution in [-0.4, -0.2) is 30.1 Å². The lowest BCUT2D eigenvalue weighted by Crippen LogP contribution is -2.22. The summed E-state index contributed by atoms with van der Waals surface area (Å²) in [6.07, 6.45) is -1.56. The first kappa shape index (κ1) is 6.96. The molecule has 9 heavy (non-hydrogen) atoms. The van der Waals surface area contributed by atoms with Gasteiger partial charge < -0.3 is 9.84 Å². The molecule has 3 heteroatoms. The summed E-state index contributed by atoms with van der Waals surface area (Å²) in [5, 5.41) is 8.91. The van der Waals surface area contributed by atoms with Crippen molar-refractivity contribution in [1.82, 2.24) is 0 Å². The molecule has 0 unspecified atom stereocenters. The molecule has 2 radical (unpaired) electrons. The molecule has 0 aromatic heterocycles. The lowest BCUT2D eigenvalue weighted by Gasteiger charge is -2.07. The van der Waals surface area contributed by atoms with Gasteiger partial charge in [0.25, 0.3) is 0 Å². The number of halogens is 1. The molecule has 0 saturated carbocycles. The molecule has 52 valence electrons. The Labute approximate surface area is 53.6 Å². The van der Waals surface area contributed by atoms with E-state index in [0.29, 0.717) is 6.42 Å². The highest BCUT2D eigenvalue weighted by atomic mass is 19.1. The molecule has 1 heterocycles. The van der Waals surface area contributed by atoms with Gasteiger partial charge in [0.05, 0.1) is 12.2 Å². The third-order valence-corrected chi connectivity index (χ3v) is 1.40. The van der Waals surface area contributed by atoms with Gasteiger partial charge in [-0.2, -0.15) is 0 Å². The Morgan fingerprint density at radius 1 is 1.78 bits per heavy atom. The van der Waals surface area contributed by atoms with Crippen LogP contribution in [-0.2, 0) is 4.74 Å². The molecule has 1 aliphatic rings. The van der Waals surface area contributed by atoms with Crippen molar-refractivity contribution >= 4 is 0 Å². The Balaban J connectivity index is 2.38. The van der Waals surface area contributed by atoms with E-state index in [0.717, 1.165) is 0 Å². The fourth-order valence-corrected chi connectivity index (χ4v) is 0.900. The molecule has 1 aliphatic heterocycles. The number of aliphatic hydroxyl groups excluding tert-OH is 1. The Morgan fingerprint density at radius 2 is 2.44 bits per heavy atom. The highest BCUT2D eigenvalue weighted by Gasteiger charge is 2.30. The summed E-state index contributed by atoms with van der Waals surface area (Å²) >= 11 is 0. The number of hydrogen-bond donors (Lipinski definition) is 1. The van der Waals surface area contributed by atoms with Crippen molar-refractivity contribution in [2.24, 2.45) is 0 Å². The smallest absolute Gasteiger partial charge is 0.118 e. The molecule has 0 aliphatic carbocycles. The van der Waals surface area contributed by atoms with Crippen LogP contribution < -0.4 is 0 Å². The van der Waals surface area contributed by atoms with Crippen molar-refractivity contribution in [2.45, 2.75) is 24.7 Å². The van der Waals surface area contributed by atoms with Crippen LogP contribution in [0.5, 0.6) is 0 Å². The molecule has 1 fully saturated rings. The van der Waals surface area contributed by atoms with Crippen molar-refractivity contribution in [2.75, 3.05) is 6.67 Å². The summed E-state index contributed by atoms with van der Waals surface area (Å²) in [5.74, 6) is 0. The number of rotatable bonds is 1. The van der Waals surface area contributed by atoms with E-state index in [9.17, 15) is 4.39 Å². The van der Waals surface area contributed by atoms with Crippen molar-refractivity contribution in [3.8, 4) is 0 Å². The number of alkyl halides is 1. The highest BCUT2D eigenvalue weighted by molar-refractivity contribution is 4.82. The van der Waals surface area contributed by atoms with Gasteiger partial charge in [-0.3, -0.25) is 0 Å². The average Bonchev–Trinajstić information content (AvgIpc) is 2.10. The molecule has 0 bridgehead atoms. The van der Waals surface area contributed by atoms with Gasteiger partial charge in [0.2, 0.25) is 0 Å². The van der Waals surface area contributed by atoms with Crippen LogP contribution in [0.15, 0.2) is 0 Å². The fraction of sp³-hybridized carbons (Fsp3) is 0.833. The molecule has 2 nitrogen and oxygen atoms in total. The maximum atomic E-state index is 11.8. The van der Waals surface area contributed by atoms with E-state index < -0.39 is 25.0 Å². The van der Waals surface area contributed by atoms with Crippen molar-refractivity contribution in [3.63, 3.8) is 0 Å². The van der Waals surface area contributed by atoms with Crippen LogP contribution in [0.25, 0.3) is 0 Å². The summed E-state index contributed by atoms with van der Waals surface area (Å²) in [5.41, 5.74) is 0. The molecule has 0 spiro atoms. The second-order valence-electron chi connectivity index (χ2n) is 2.17. The normalized spacial score (nSPS) is 43.7. The molecule has 3 atom stereocenters. The first-order chi connectivity index (χ1) is 4.24. The third kappa shape index (κ3) is 1.40. The summed E-state index contributed by atoms with van der Waals surface area (Å²) in [7, 11) is 0. The van der Waals surface area contributed by atoms with Crippen molar-refractivity contribution < 1.29 is 14.2 Å². The highest BCUT2D eigenvalue weighted by Crippen LogP contribution is 2.19. The van der Waals surface area contributed by atoms with Crippen LogP contribution in [0, 0.1) is 6.92 Å². The van der Waals surface area contributed by atoms with Crippen LogP contribution in [0.4, 0.5) is 4.39 Å². The maximum absolute atomic E-state index is 11.8. The standard InChI is InChI=1S/C6H9FO2/c1-4-2-5(8)6(3-7)9-4/h1,4-6,8H,2-3H2/t4-,5+,6+/m0/s1. The Bertz CT molecular complexity index is 97.1. The minimum atomic E-state index is -0.718. The van der Waals surface area contributed by atoms with Gasteiger partial charge in [-0.15, -0.1) is 0 Å². The average molecular weight is 132 g/mol. The Hall–Kier alpha value is -0.150. The van der Waals surface area contributed by atoms with Crippen molar-refractivity contribution in [1.29, 1.82) is 0 Å². The third-order valence-electron chi connectivity index (χ3n) is 1.40. The topological polar surface area (TPSA) is 29.5 Å². The van der Waals surface area contributed by atoms with E-state index in [1.165, 1.54) is 0 Å². The lowest BCUT2D eigenvalue weighted by atomic mass is 10.2. The molecule has 1 saturated heterocycles. The van der Waals surface area contributed by atoms with E-state index in [4.69, 9.17) is 16.8 Å². The van der Waals surface area contributed by atoms with E-state index in [1.54, 1.807) is 0 Å². The Morgan fingerprint density at radius 3 is 2.67 bits per heavy atom.